The van der Waals surface area contributed by atoms with E-state index in [1.54, 1.807) is 4.90 Å². The molecular weight excluding hydrogens is 566 g/mol. The number of hydrogen-bond donors (Lipinski definition) is 0. The first kappa shape index (κ1) is 29.6. The maximum atomic E-state index is 12.6. The number of para-hydroxylation sites is 1. The summed E-state index contributed by atoms with van der Waals surface area (Å²) in [7, 11) is 4.28. The molecule has 3 aliphatic heterocycles. The summed E-state index contributed by atoms with van der Waals surface area (Å²) in [6.07, 6.45) is 6.78. The molecule has 3 fully saturated rings. The van der Waals surface area contributed by atoms with Crippen LogP contribution in [0.2, 0.25) is 0 Å². The van der Waals surface area contributed by atoms with Crippen molar-refractivity contribution in [1.29, 1.82) is 5.26 Å². The molecule has 1 aromatic carbocycles. The minimum absolute atomic E-state index is 0.0729. The number of piperazine rings is 2. The van der Waals surface area contributed by atoms with Crippen LogP contribution in [0.5, 0.6) is 6.01 Å². The molecule has 7 rings (SSSR count). The number of carbonyl (C=O) groups is 1. The largest absolute Gasteiger partial charge is 0.461 e. The standard InChI is InChI=1S/C34H43N9O2/c1-4-30(44)43-21-18-41(22-26(43)8-13-35)32-27-10-15-40(29-7-5-6-25-9-14-39(3)31(25)29)23-28(27)36-33(37-32)45-24-34(11-12-34)42-19-16-38(2)17-20-42/h4-7,9,14,26H,1,8,10-12,15-24H2,2-3H3/t26-/m0/s1. The Morgan fingerprint density at radius 2 is 1.91 bits per heavy atom. The van der Waals surface area contributed by atoms with Gasteiger partial charge in [-0.05, 0) is 44.5 Å². The number of amides is 1. The molecule has 3 aromatic rings. The van der Waals surface area contributed by atoms with Crippen molar-refractivity contribution in [2.45, 2.75) is 43.8 Å². The van der Waals surface area contributed by atoms with E-state index in [-0.39, 0.29) is 23.9 Å². The highest BCUT2D eigenvalue weighted by Crippen LogP contribution is 2.43. The molecule has 1 atom stereocenters. The van der Waals surface area contributed by atoms with Gasteiger partial charge in [0, 0.05) is 76.6 Å². The summed E-state index contributed by atoms with van der Waals surface area (Å²) >= 11 is 0. The average Bonchev–Trinajstić information content (AvgIpc) is 3.77. The third kappa shape index (κ3) is 5.62. The highest BCUT2D eigenvalue weighted by molar-refractivity contribution is 5.92. The number of fused-ring (bicyclic) bond motifs is 2. The second-order valence-electron chi connectivity index (χ2n) is 13.1. The van der Waals surface area contributed by atoms with E-state index < -0.39 is 0 Å². The predicted molar refractivity (Wildman–Crippen MR) is 174 cm³/mol. The number of nitrogens with zero attached hydrogens (tertiary/aromatic N) is 9. The Kier molecular flexibility index (Phi) is 7.88. The molecule has 0 spiro atoms. The molecule has 45 heavy (non-hydrogen) atoms. The second kappa shape index (κ2) is 12.0. The van der Waals surface area contributed by atoms with E-state index in [9.17, 15) is 10.1 Å². The van der Waals surface area contributed by atoms with Gasteiger partial charge in [0.15, 0.2) is 0 Å². The number of ether oxygens (including phenoxy) is 1. The Bertz CT molecular complexity index is 1630. The van der Waals surface area contributed by atoms with Crippen molar-refractivity contribution >= 4 is 28.3 Å². The van der Waals surface area contributed by atoms with Crippen molar-refractivity contribution in [2.75, 3.05) is 75.8 Å². The number of aryl methyl sites for hydroxylation is 1. The minimum atomic E-state index is -0.230. The Labute approximate surface area is 265 Å². The van der Waals surface area contributed by atoms with Gasteiger partial charge in [-0.25, -0.2) is 0 Å². The molecule has 1 aliphatic carbocycles. The van der Waals surface area contributed by atoms with Gasteiger partial charge >= 0.3 is 6.01 Å². The van der Waals surface area contributed by atoms with E-state index in [2.05, 4.69) is 81.4 Å². The number of likely N-dealkylation sites (N-methyl/N-ethyl adjacent to an activating group) is 1. The lowest BCUT2D eigenvalue weighted by molar-refractivity contribution is -0.128. The fourth-order valence-corrected chi connectivity index (χ4v) is 7.42. The Morgan fingerprint density at radius 3 is 2.67 bits per heavy atom. The monoisotopic (exact) mass is 609 g/mol. The van der Waals surface area contributed by atoms with Crippen molar-refractivity contribution < 1.29 is 9.53 Å². The molecule has 0 radical (unpaired) electrons. The van der Waals surface area contributed by atoms with Crippen molar-refractivity contribution in [3.63, 3.8) is 0 Å². The number of anilines is 2. The number of nitriles is 1. The van der Waals surface area contributed by atoms with Crippen LogP contribution in [0, 0.1) is 11.3 Å². The third-order valence-corrected chi connectivity index (χ3v) is 10.3. The first-order valence-electron chi connectivity index (χ1n) is 16.2. The summed E-state index contributed by atoms with van der Waals surface area (Å²) in [5.41, 5.74) is 4.61. The Morgan fingerprint density at radius 1 is 1.09 bits per heavy atom. The van der Waals surface area contributed by atoms with E-state index >= 15 is 0 Å². The van der Waals surface area contributed by atoms with Gasteiger partial charge in [0.2, 0.25) is 5.91 Å². The van der Waals surface area contributed by atoms with Crippen molar-refractivity contribution in [2.24, 2.45) is 7.05 Å². The Balaban J connectivity index is 1.20. The predicted octanol–water partition coefficient (Wildman–Crippen LogP) is 2.81. The highest BCUT2D eigenvalue weighted by Gasteiger charge is 2.49. The van der Waals surface area contributed by atoms with Crippen LogP contribution in [0.3, 0.4) is 0 Å². The molecule has 2 aromatic heterocycles. The third-order valence-electron chi connectivity index (χ3n) is 10.3. The second-order valence-corrected chi connectivity index (χ2v) is 13.1. The van der Waals surface area contributed by atoms with E-state index in [4.69, 9.17) is 14.7 Å². The number of rotatable bonds is 8. The summed E-state index contributed by atoms with van der Waals surface area (Å²) in [5, 5.41) is 10.8. The van der Waals surface area contributed by atoms with E-state index in [0.29, 0.717) is 38.8 Å². The van der Waals surface area contributed by atoms with Gasteiger partial charge in [-0.15, -0.1) is 0 Å². The number of aromatic nitrogens is 3. The first-order chi connectivity index (χ1) is 21.9. The lowest BCUT2D eigenvalue weighted by Crippen LogP contribution is -2.55. The molecule has 5 heterocycles. The molecule has 1 amide bonds. The van der Waals surface area contributed by atoms with Gasteiger partial charge < -0.3 is 28.9 Å². The Hall–Kier alpha value is -4.14. The average molecular weight is 610 g/mol. The normalized spacial score (nSPS) is 21.8. The molecule has 0 unspecified atom stereocenters. The topological polar surface area (TPSA) is 97.0 Å². The molecule has 1 saturated carbocycles. The molecular formula is C34H43N9O2. The maximum absolute atomic E-state index is 12.6. The van der Waals surface area contributed by atoms with Gasteiger partial charge in [-0.2, -0.15) is 15.2 Å². The van der Waals surface area contributed by atoms with Crippen LogP contribution in [0.1, 0.15) is 30.5 Å². The molecule has 11 heteroatoms. The number of hydrogen-bond acceptors (Lipinski definition) is 9. The summed E-state index contributed by atoms with van der Waals surface area (Å²) in [6.45, 7) is 11.7. The van der Waals surface area contributed by atoms with Gasteiger partial charge in [0.05, 0.1) is 47.5 Å². The maximum Gasteiger partial charge on any atom is 0.318 e. The van der Waals surface area contributed by atoms with Crippen LogP contribution >= 0.6 is 0 Å². The summed E-state index contributed by atoms with van der Waals surface area (Å²) in [4.78, 5) is 34.1. The van der Waals surface area contributed by atoms with Crippen molar-refractivity contribution in [1.82, 2.24) is 29.2 Å². The molecule has 236 valence electrons. The van der Waals surface area contributed by atoms with Gasteiger partial charge in [0.1, 0.15) is 12.4 Å². The zero-order chi connectivity index (χ0) is 31.1. The molecule has 0 bridgehead atoms. The van der Waals surface area contributed by atoms with Crippen LogP contribution in [0.25, 0.3) is 10.9 Å². The van der Waals surface area contributed by atoms with E-state index in [1.807, 2.05) is 0 Å². The van der Waals surface area contributed by atoms with Crippen LogP contribution < -0.4 is 14.5 Å². The van der Waals surface area contributed by atoms with Crippen molar-refractivity contribution in [3.05, 3.63) is 54.4 Å². The smallest absolute Gasteiger partial charge is 0.318 e. The lowest BCUT2D eigenvalue weighted by Gasteiger charge is -2.42. The molecule has 4 aliphatic rings. The zero-order valence-electron chi connectivity index (χ0n) is 26.5. The van der Waals surface area contributed by atoms with Crippen LogP contribution in [-0.4, -0.2) is 113 Å². The van der Waals surface area contributed by atoms with Crippen LogP contribution in [0.15, 0.2) is 43.1 Å². The highest BCUT2D eigenvalue weighted by atomic mass is 16.5. The SMILES string of the molecule is C=CC(=O)N1CCN(c2nc(OCC3(N4CCN(C)CC4)CC3)nc3c2CCN(c2cccc4ccn(C)c24)C3)C[C@@H]1CC#N. The van der Waals surface area contributed by atoms with Gasteiger partial charge in [-0.3, -0.25) is 9.69 Å². The van der Waals surface area contributed by atoms with E-state index in [0.717, 1.165) is 69.1 Å². The van der Waals surface area contributed by atoms with E-state index in [1.165, 1.54) is 22.7 Å². The summed E-state index contributed by atoms with van der Waals surface area (Å²) in [5.74, 6) is 0.748. The quantitative estimate of drug-likeness (QED) is 0.357. The fraction of sp³-hybridized carbons (Fsp3) is 0.529. The molecule has 2 saturated heterocycles. The molecule has 0 N–H and O–H groups in total. The zero-order valence-corrected chi connectivity index (χ0v) is 26.5. The first-order valence-corrected chi connectivity index (χ1v) is 16.2. The van der Waals surface area contributed by atoms with Gasteiger partial charge in [0.25, 0.3) is 0 Å². The van der Waals surface area contributed by atoms with Gasteiger partial charge in [-0.1, -0.05) is 18.7 Å². The summed E-state index contributed by atoms with van der Waals surface area (Å²) < 4.78 is 8.71. The molecule has 11 nitrogen and oxygen atoms in total. The fourth-order valence-electron chi connectivity index (χ4n) is 7.42. The number of benzene rings is 1. The van der Waals surface area contributed by atoms with Crippen molar-refractivity contribution in [3.8, 4) is 12.1 Å². The lowest BCUT2D eigenvalue weighted by atomic mass is 10.0. The van der Waals surface area contributed by atoms with Crippen LogP contribution in [0.4, 0.5) is 11.5 Å². The minimum Gasteiger partial charge on any atom is -0.461 e. The van der Waals surface area contributed by atoms with Crippen LogP contribution in [-0.2, 0) is 24.8 Å². The number of carbonyl (C=O) groups excluding carboxylic acids is 1. The summed E-state index contributed by atoms with van der Waals surface area (Å²) in [6, 6.07) is 11.1.